The summed E-state index contributed by atoms with van der Waals surface area (Å²) in [4.78, 5) is 20.5. The maximum atomic E-state index is 12.1. The summed E-state index contributed by atoms with van der Waals surface area (Å²) in [6.07, 6.45) is 1.50. The van der Waals surface area contributed by atoms with E-state index in [2.05, 4.69) is 15.3 Å². The van der Waals surface area contributed by atoms with Crippen LogP contribution in [0.4, 0.5) is 5.69 Å². The monoisotopic (exact) mass is 363 g/mol. The van der Waals surface area contributed by atoms with Gasteiger partial charge in [0.25, 0.3) is 0 Å². The van der Waals surface area contributed by atoms with Crippen LogP contribution >= 0.6 is 35.0 Å². The maximum Gasteiger partial charge on any atom is 0.234 e. The maximum absolute atomic E-state index is 12.1. The fourth-order valence-electron chi connectivity index (χ4n) is 2.01. The van der Waals surface area contributed by atoms with Crippen molar-refractivity contribution in [3.05, 3.63) is 58.8 Å². The molecule has 23 heavy (non-hydrogen) atoms. The number of rotatable bonds is 4. The highest BCUT2D eigenvalue weighted by molar-refractivity contribution is 8.00. The molecule has 0 aliphatic rings. The fourth-order valence-corrected chi connectivity index (χ4v) is 3.25. The lowest BCUT2D eigenvalue weighted by molar-refractivity contribution is -0.113. The van der Waals surface area contributed by atoms with Gasteiger partial charge in [-0.05, 0) is 24.3 Å². The number of amides is 1. The number of fused-ring (bicyclic) bond motifs is 1. The van der Waals surface area contributed by atoms with Crippen LogP contribution in [0.15, 0.2) is 53.8 Å². The molecule has 3 aromatic rings. The van der Waals surface area contributed by atoms with Crippen LogP contribution in [0.3, 0.4) is 0 Å². The molecule has 0 bridgehead atoms. The third-order valence-electron chi connectivity index (χ3n) is 3.05. The molecular weight excluding hydrogens is 353 g/mol. The van der Waals surface area contributed by atoms with Crippen LogP contribution in [0.1, 0.15) is 0 Å². The van der Waals surface area contributed by atoms with E-state index in [-0.39, 0.29) is 11.7 Å². The van der Waals surface area contributed by atoms with Crippen LogP contribution in [0.5, 0.6) is 0 Å². The number of carbonyl (C=O) groups is 1. The van der Waals surface area contributed by atoms with Crippen LogP contribution in [0.2, 0.25) is 10.0 Å². The van der Waals surface area contributed by atoms with Gasteiger partial charge in [0.1, 0.15) is 11.4 Å². The molecule has 0 aliphatic carbocycles. The second kappa shape index (κ2) is 7.17. The lowest BCUT2D eigenvalue weighted by Crippen LogP contribution is -2.14. The number of aromatic nitrogens is 2. The van der Waals surface area contributed by atoms with E-state index in [0.717, 1.165) is 15.9 Å². The molecule has 116 valence electrons. The third-order valence-corrected chi connectivity index (χ3v) is 4.60. The number of thioether (sulfide) groups is 1. The molecule has 1 amide bonds. The smallest absolute Gasteiger partial charge is 0.234 e. The average molecular weight is 364 g/mol. The Hall–Kier alpha value is -1.82. The SMILES string of the molecule is O=C(CSc1ncnc2ccccc12)Nc1ccc(Cl)cc1Cl. The van der Waals surface area contributed by atoms with Gasteiger partial charge in [-0.2, -0.15) is 0 Å². The van der Waals surface area contributed by atoms with Gasteiger partial charge in [-0.15, -0.1) is 0 Å². The Morgan fingerprint density at radius 1 is 1.13 bits per heavy atom. The molecule has 4 nitrogen and oxygen atoms in total. The van der Waals surface area contributed by atoms with Crippen molar-refractivity contribution in [1.29, 1.82) is 0 Å². The largest absolute Gasteiger partial charge is 0.324 e. The van der Waals surface area contributed by atoms with Crippen molar-refractivity contribution < 1.29 is 4.79 Å². The van der Waals surface area contributed by atoms with E-state index >= 15 is 0 Å². The summed E-state index contributed by atoms with van der Waals surface area (Å²) in [5.74, 6) is 0.0573. The molecule has 0 unspecified atom stereocenters. The van der Waals surface area contributed by atoms with Gasteiger partial charge in [0, 0.05) is 10.4 Å². The Labute approximate surface area is 147 Å². The number of hydrogen-bond acceptors (Lipinski definition) is 4. The first-order valence-corrected chi connectivity index (χ1v) is 8.45. The summed E-state index contributed by atoms with van der Waals surface area (Å²) < 4.78 is 0. The lowest BCUT2D eigenvalue weighted by Gasteiger charge is -2.08. The van der Waals surface area contributed by atoms with Crippen LogP contribution < -0.4 is 5.32 Å². The summed E-state index contributed by atoms with van der Waals surface area (Å²) in [5.41, 5.74) is 1.39. The second-order valence-corrected chi connectivity index (χ2v) is 6.46. The first kappa shape index (κ1) is 16.1. The number of halogens is 2. The predicted molar refractivity (Wildman–Crippen MR) is 95.4 cm³/mol. The standard InChI is InChI=1S/C16H11Cl2N3OS/c17-10-5-6-14(12(18)7-10)21-15(22)8-23-16-11-3-1-2-4-13(11)19-9-20-16/h1-7,9H,8H2,(H,21,22). The topological polar surface area (TPSA) is 54.9 Å². The lowest BCUT2D eigenvalue weighted by atomic mass is 10.2. The van der Waals surface area contributed by atoms with E-state index in [4.69, 9.17) is 23.2 Å². The minimum absolute atomic E-state index is 0.165. The van der Waals surface area contributed by atoms with Gasteiger partial charge in [0.15, 0.2) is 0 Å². The molecule has 7 heteroatoms. The van der Waals surface area contributed by atoms with Gasteiger partial charge in [-0.1, -0.05) is 53.2 Å². The zero-order valence-corrected chi connectivity index (χ0v) is 14.1. The highest BCUT2D eigenvalue weighted by atomic mass is 35.5. The fraction of sp³-hybridized carbons (Fsp3) is 0.0625. The Morgan fingerprint density at radius 2 is 1.96 bits per heavy atom. The van der Waals surface area contributed by atoms with Crippen LogP contribution in [0, 0.1) is 0 Å². The molecule has 3 rings (SSSR count). The van der Waals surface area contributed by atoms with E-state index in [0.29, 0.717) is 15.7 Å². The molecule has 0 saturated heterocycles. The van der Waals surface area contributed by atoms with Crippen LogP contribution in [-0.4, -0.2) is 21.6 Å². The number of nitrogens with one attached hydrogen (secondary N) is 1. The van der Waals surface area contributed by atoms with Gasteiger partial charge < -0.3 is 5.32 Å². The van der Waals surface area contributed by atoms with E-state index in [9.17, 15) is 4.79 Å². The number of para-hydroxylation sites is 1. The number of anilines is 1. The zero-order valence-electron chi connectivity index (χ0n) is 11.8. The zero-order chi connectivity index (χ0) is 16.2. The average Bonchev–Trinajstić information content (AvgIpc) is 2.55. The van der Waals surface area contributed by atoms with Crippen molar-refractivity contribution in [2.24, 2.45) is 0 Å². The Morgan fingerprint density at radius 3 is 2.78 bits per heavy atom. The Bertz CT molecular complexity index is 868. The molecule has 0 fully saturated rings. The first-order chi connectivity index (χ1) is 11.1. The summed E-state index contributed by atoms with van der Waals surface area (Å²) in [6.45, 7) is 0. The van der Waals surface area contributed by atoms with Crippen molar-refractivity contribution in [2.75, 3.05) is 11.1 Å². The van der Waals surface area contributed by atoms with Gasteiger partial charge >= 0.3 is 0 Å². The molecule has 1 aromatic heterocycles. The van der Waals surface area contributed by atoms with Gasteiger partial charge in [-0.3, -0.25) is 4.79 Å². The molecule has 0 atom stereocenters. The number of hydrogen-bond donors (Lipinski definition) is 1. The first-order valence-electron chi connectivity index (χ1n) is 6.71. The molecule has 0 aliphatic heterocycles. The van der Waals surface area contributed by atoms with Crippen LogP contribution in [0.25, 0.3) is 10.9 Å². The molecule has 0 radical (unpaired) electrons. The normalized spacial score (nSPS) is 10.7. The van der Waals surface area contributed by atoms with E-state index < -0.39 is 0 Å². The summed E-state index contributed by atoms with van der Waals surface area (Å²) in [5, 5.41) is 5.39. The third kappa shape index (κ3) is 3.93. The molecule has 0 saturated carbocycles. The number of nitrogens with zero attached hydrogens (tertiary/aromatic N) is 2. The van der Waals surface area contributed by atoms with Crippen molar-refractivity contribution in [3.63, 3.8) is 0 Å². The van der Waals surface area contributed by atoms with E-state index in [1.54, 1.807) is 18.2 Å². The summed E-state index contributed by atoms with van der Waals surface area (Å²) >= 11 is 13.2. The predicted octanol–water partition coefficient (Wildman–Crippen LogP) is 4.67. The molecule has 2 aromatic carbocycles. The van der Waals surface area contributed by atoms with Gasteiger partial charge in [-0.25, -0.2) is 9.97 Å². The Balaban J connectivity index is 1.69. The minimum Gasteiger partial charge on any atom is -0.324 e. The highest BCUT2D eigenvalue weighted by Crippen LogP contribution is 2.27. The summed E-state index contributed by atoms with van der Waals surface area (Å²) in [6, 6.07) is 12.6. The number of carbonyl (C=O) groups excluding carboxylic acids is 1. The molecule has 0 spiro atoms. The van der Waals surface area contributed by atoms with Crippen LogP contribution in [-0.2, 0) is 4.79 Å². The van der Waals surface area contributed by atoms with Gasteiger partial charge in [0.05, 0.1) is 22.0 Å². The second-order valence-electron chi connectivity index (χ2n) is 4.66. The quantitative estimate of drug-likeness (QED) is 0.540. The molecular formula is C16H11Cl2N3OS. The van der Waals surface area contributed by atoms with Crippen molar-refractivity contribution >= 4 is 57.5 Å². The van der Waals surface area contributed by atoms with E-state index in [1.165, 1.54) is 18.1 Å². The van der Waals surface area contributed by atoms with Crippen molar-refractivity contribution in [2.45, 2.75) is 5.03 Å². The molecule has 1 N–H and O–H groups in total. The highest BCUT2D eigenvalue weighted by Gasteiger charge is 2.09. The minimum atomic E-state index is -0.165. The summed E-state index contributed by atoms with van der Waals surface area (Å²) in [7, 11) is 0. The molecule has 1 heterocycles. The van der Waals surface area contributed by atoms with Crippen molar-refractivity contribution in [1.82, 2.24) is 9.97 Å². The van der Waals surface area contributed by atoms with E-state index in [1.807, 2.05) is 24.3 Å². The van der Waals surface area contributed by atoms with Gasteiger partial charge in [0.2, 0.25) is 5.91 Å². The number of benzene rings is 2. The van der Waals surface area contributed by atoms with Crippen molar-refractivity contribution in [3.8, 4) is 0 Å². The Kier molecular flexibility index (Phi) is 5.00.